The third-order valence-electron chi connectivity index (χ3n) is 2.64. The molecule has 0 N–H and O–H groups in total. The molecule has 0 amide bonds. The van der Waals surface area contributed by atoms with Crippen LogP contribution >= 0.6 is 0 Å². The fourth-order valence-corrected chi connectivity index (χ4v) is 1.77. The van der Waals surface area contributed by atoms with Crippen molar-refractivity contribution in [2.75, 3.05) is 14.1 Å². The van der Waals surface area contributed by atoms with Crippen LogP contribution in [0.3, 0.4) is 0 Å². The topological polar surface area (TPSA) is 3.24 Å². The van der Waals surface area contributed by atoms with E-state index in [1.165, 1.54) is 25.7 Å². The fourth-order valence-electron chi connectivity index (χ4n) is 1.77. The quantitative estimate of drug-likeness (QED) is 0.582. The number of rotatable bonds is 3. The summed E-state index contributed by atoms with van der Waals surface area (Å²) < 4.78 is 0. The van der Waals surface area contributed by atoms with E-state index in [0.717, 1.165) is 12.0 Å². The van der Waals surface area contributed by atoms with E-state index in [0.29, 0.717) is 0 Å². The normalized spacial score (nSPS) is 32.4. The van der Waals surface area contributed by atoms with Crippen molar-refractivity contribution in [2.45, 2.75) is 38.6 Å². The van der Waals surface area contributed by atoms with Crippen LogP contribution in [0.25, 0.3) is 0 Å². The number of hydrogen-bond donors (Lipinski definition) is 0. The van der Waals surface area contributed by atoms with Crippen LogP contribution < -0.4 is 0 Å². The van der Waals surface area contributed by atoms with E-state index in [2.05, 4.69) is 25.9 Å². The van der Waals surface area contributed by atoms with Crippen molar-refractivity contribution in [1.29, 1.82) is 0 Å². The molecule has 1 saturated carbocycles. The van der Waals surface area contributed by atoms with Gasteiger partial charge in [-0.05, 0) is 32.9 Å². The average Bonchev–Trinajstić information content (AvgIpc) is 1.76. The first-order valence-corrected chi connectivity index (χ1v) is 4.40. The van der Waals surface area contributed by atoms with Gasteiger partial charge in [-0.3, -0.25) is 0 Å². The molecule has 0 saturated heterocycles. The molecule has 0 spiro atoms. The van der Waals surface area contributed by atoms with Gasteiger partial charge in [-0.25, -0.2) is 0 Å². The maximum absolute atomic E-state index is 2.35. The Morgan fingerprint density at radius 1 is 1.30 bits per heavy atom. The lowest BCUT2D eigenvalue weighted by Gasteiger charge is -2.39. The zero-order valence-electron chi connectivity index (χ0n) is 7.43. The molecule has 1 heteroatoms. The van der Waals surface area contributed by atoms with Gasteiger partial charge in [-0.15, -0.1) is 0 Å². The summed E-state index contributed by atoms with van der Waals surface area (Å²) in [6.45, 7) is 2.28. The van der Waals surface area contributed by atoms with Crippen LogP contribution in [0.1, 0.15) is 32.6 Å². The van der Waals surface area contributed by atoms with E-state index in [4.69, 9.17) is 0 Å². The predicted octanol–water partition coefficient (Wildman–Crippen LogP) is 2.13. The van der Waals surface area contributed by atoms with Gasteiger partial charge in [0.05, 0.1) is 0 Å². The Bertz CT molecular complexity index is 92.9. The molecular formula is C9H19N. The molecule has 0 unspecified atom stereocenters. The van der Waals surface area contributed by atoms with Crippen molar-refractivity contribution in [3.05, 3.63) is 0 Å². The third-order valence-corrected chi connectivity index (χ3v) is 2.64. The Hall–Kier alpha value is -0.0400. The van der Waals surface area contributed by atoms with Gasteiger partial charge in [-0.2, -0.15) is 0 Å². The molecule has 10 heavy (non-hydrogen) atoms. The highest BCUT2D eigenvalue weighted by Crippen LogP contribution is 2.33. The van der Waals surface area contributed by atoms with Crippen molar-refractivity contribution in [3.8, 4) is 0 Å². The lowest BCUT2D eigenvalue weighted by molar-refractivity contribution is 0.117. The molecule has 0 bridgehead atoms. The van der Waals surface area contributed by atoms with Gasteiger partial charge in [0.1, 0.15) is 0 Å². The van der Waals surface area contributed by atoms with E-state index >= 15 is 0 Å². The fraction of sp³-hybridized carbons (Fsp3) is 1.00. The molecular weight excluding hydrogens is 122 g/mol. The molecule has 60 valence electrons. The molecule has 0 aromatic heterocycles. The van der Waals surface area contributed by atoms with Gasteiger partial charge < -0.3 is 4.90 Å². The Morgan fingerprint density at radius 2 is 1.90 bits per heavy atom. The van der Waals surface area contributed by atoms with E-state index < -0.39 is 0 Å². The highest BCUT2D eigenvalue weighted by molar-refractivity contribution is 4.84. The smallest absolute Gasteiger partial charge is 0.00944 e. The molecule has 0 aromatic rings. The van der Waals surface area contributed by atoms with E-state index in [-0.39, 0.29) is 0 Å². The highest BCUT2D eigenvalue weighted by atomic mass is 15.1. The van der Waals surface area contributed by atoms with Gasteiger partial charge in [0.15, 0.2) is 0 Å². The molecule has 0 aromatic carbocycles. The Labute approximate surface area is 64.4 Å². The largest absolute Gasteiger partial charge is 0.306 e. The zero-order valence-corrected chi connectivity index (χ0v) is 7.43. The minimum Gasteiger partial charge on any atom is -0.306 e. The minimum atomic E-state index is 0.900. The van der Waals surface area contributed by atoms with Gasteiger partial charge >= 0.3 is 0 Å². The van der Waals surface area contributed by atoms with E-state index in [9.17, 15) is 0 Å². The number of nitrogens with zero attached hydrogens (tertiary/aromatic N) is 1. The highest BCUT2D eigenvalue weighted by Gasteiger charge is 2.29. The second kappa shape index (κ2) is 3.38. The van der Waals surface area contributed by atoms with Crippen LogP contribution in [0.15, 0.2) is 0 Å². The van der Waals surface area contributed by atoms with E-state index in [1.54, 1.807) is 0 Å². The van der Waals surface area contributed by atoms with Crippen LogP contribution in [0.4, 0.5) is 0 Å². The molecule has 1 nitrogen and oxygen atoms in total. The summed E-state index contributed by atoms with van der Waals surface area (Å²) in [6.07, 6.45) is 5.71. The van der Waals surface area contributed by atoms with E-state index in [1.807, 2.05) is 0 Å². The van der Waals surface area contributed by atoms with Crippen molar-refractivity contribution >= 4 is 0 Å². The maximum atomic E-state index is 2.35. The summed E-state index contributed by atoms with van der Waals surface area (Å²) in [6, 6.07) is 0.900. The minimum absolute atomic E-state index is 0.900. The van der Waals surface area contributed by atoms with Crippen molar-refractivity contribution in [1.82, 2.24) is 4.90 Å². The standard InChI is InChI=1S/C9H19N/c1-4-5-8-6-9(7-8)10(2)3/h8-9H,4-7H2,1-3H3. The van der Waals surface area contributed by atoms with Crippen LogP contribution in [0, 0.1) is 5.92 Å². The van der Waals surface area contributed by atoms with Gasteiger partial charge in [-0.1, -0.05) is 19.8 Å². The molecule has 0 heterocycles. The zero-order chi connectivity index (χ0) is 7.56. The molecule has 1 aliphatic carbocycles. The predicted molar refractivity (Wildman–Crippen MR) is 45.1 cm³/mol. The molecule has 1 rings (SSSR count). The lowest BCUT2D eigenvalue weighted by atomic mass is 9.77. The van der Waals surface area contributed by atoms with Crippen LogP contribution in [-0.2, 0) is 0 Å². The van der Waals surface area contributed by atoms with Crippen LogP contribution in [0.2, 0.25) is 0 Å². The van der Waals surface area contributed by atoms with Gasteiger partial charge in [0.2, 0.25) is 0 Å². The van der Waals surface area contributed by atoms with Crippen LogP contribution in [0.5, 0.6) is 0 Å². The summed E-state index contributed by atoms with van der Waals surface area (Å²) in [5.41, 5.74) is 0. The van der Waals surface area contributed by atoms with Gasteiger partial charge in [0.25, 0.3) is 0 Å². The molecule has 0 aliphatic heterocycles. The van der Waals surface area contributed by atoms with Crippen molar-refractivity contribution in [3.63, 3.8) is 0 Å². The number of hydrogen-bond acceptors (Lipinski definition) is 1. The second-order valence-corrected chi connectivity index (χ2v) is 3.74. The Balaban J connectivity index is 2.06. The third kappa shape index (κ3) is 1.72. The lowest BCUT2D eigenvalue weighted by Crippen LogP contribution is -2.40. The first-order valence-electron chi connectivity index (χ1n) is 4.40. The van der Waals surface area contributed by atoms with Crippen molar-refractivity contribution < 1.29 is 0 Å². The molecule has 0 atom stereocenters. The summed E-state index contributed by atoms with van der Waals surface area (Å²) >= 11 is 0. The molecule has 1 fully saturated rings. The summed E-state index contributed by atoms with van der Waals surface area (Å²) in [5, 5.41) is 0. The monoisotopic (exact) mass is 141 g/mol. The molecule has 0 radical (unpaired) electrons. The van der Waals surface area contributed by atoms with Crippen LogP contribution in [-0.4, -0.2) is 25.0 Å². The van der Waals surface area contributed by atoms with Gasteiger partial charge in [0, 0.05) is 6.04 Å². The first kappa shape index (κ1) is 8.06. The first-order chi connectivity index (χ1) is 4.74. The summed E-state index contributed by atoms with van der Waals surface area (Å²) in [7, 11) is 4.37. The SMILES string of the molecule is CCCC1CC(N(C)C)C1. The molecule has 1 aliphatic rings. The average molecular weight is 141 g/mol. The Kier molecular flexibility index (Phi) is 2.72. The van der Waals surface area contributed by atoms with Crippen molar-refractivity contribution in [2.24, 2.45) is 5.92 Å². The Morgan fingerprint density at radius 3 is 2.30 bits per heavy atom. The maximum Gasteiger partial charge on any atom is 0.00944 e. The summed E-state index contributed by atoms with van der Waals surface area (Å²) in [4.78, 5) is 2.35. The summed E-state index contributed by atoms with van der Waals surface area (Å²) in [5.74, 6) is 1.05. The second-order valence-electron chi connectivity index (χ2n) is 3.74.